The molecule has 5 N–H and O–H groups in total. The van der Waals surface area contributed by atoms with Crippen LogP contribution in [0.3, 0.4) is 0 Å². The molecular weight excluding hydrogens is 164 g/mol. The number of phenols is 1. The molecule has 0 bridgehead atoms. The number of benzene rings is 1. The highest BCUT2D eigenvalue weighted by molar-refractivity contribution is 5.40. The average Bonchev–Trinajstić information content (AvgIpc) is 2.21. The Kier molecular flexibility index (Phi) is 5.93. The second-order valence-corrected chi connectivity index (χ2v) is 2.63. The van der Waals surface area contributed by atoms with Gasteiger partial charge in [-0.05, 0) is 24.0 Å². The Morgan fingerprint density at radius 2 is 1.46 bits per heavy atom. The summed E-state index contributed by atoms with van der Waals surface area (Å²) in [6.45, 7) is 4.10. The first-order valence-electron chi connectivity index (χ1n) is 4.42. The summed E-state index contributed by atoms with van der Waals surface area (Å²) in [5, 5.41) is 9.59. The molecule has 1 rings (SSSR count). The normalized spacial score (nSPS) is 8.92. The molecule has 0 heterocycles. The van der Waals surface area contributed by atoms with Crippen molar-refractivity contribution in [3.05, 3.63) is 29.3 Å². The number of phenolic OH excluding ortho intramolecular Hbond substituents is 1. The predicted octanol–water partition coefficient (Wildman–Crippen LogP) is 1.34. The van der Waals surface area contributed by atoms with Gasteiger partial charge in [0.15, 0.2) is 0 Å². The molecule has 0 saturated heterocycles. The van der Waals surface area contributed by atoms with Crippen molar-refractivity contribution in [1.29, 1.82) is 0 Å². The largest absolute Gasteiger partial charge is 0.507 e. The third-order valence-corrected chi connectivity index (χ3v) is 1.96. The highest BCUT2D eigenvalue weighted by Crippen LogP contribution is 2.22. The molecule has 74 valence electrons. The lowest BCUT2D eigenvalue weighted by atomic mass is 10.1. The SMILES string of the molecule is CCc1cccc(CC)c1O.NN. The van der Waals surface area contributed by atoms with Gasteiger partial charge >= 0.3 is 0 Å². The Bertz CT molecular complexity index is 226. The summed E-state index contributed by atoms with van der Waals surface area (Å²) in [5.41, 5.74) is 2.09. The minimum atomic E-state index is 0.484. The molecule has 1 aromatic carbocycles. The molecular formula is C10H18N2O. The first-order valence-corrected chi connectivity index (χ1v) is 4.42. The van der Waals surface area contributed by atoms with Crippen molar-refractivity contribution in [2.24, 2.45) is 11.7 Å². The van der Waals surface area contributed by atoms with Crippen molar-refractivity contribution in [1.82, 2.24) is 0 Å². The molecule has 3 nitrogen and oxygen atoms in total. The molecule has 0 aliphatic heterocycles. The van der Waals surface area contributed by atoms with Crippen molar-refractivity contribution in [3.63, 3.8) is 0 Å². The molecule has 13 heavy (non-hydrogen) atoms. The number of hydrogen-bond acceptors (Lipinski definition) is 3. The summed E-state index contributed by atoms with van der Waals surface area (Å²) in [4.78, 5) is 0. The lowest BCUT2D eigenvalue weighted by molar-refractivity contribution is 0.462. The van der Waals surface area contributed by atoms with E-state index in [1.807, 2.05) is 18.2 Å². The van der Waals surface area contributed by atoms with E-state index in [1.54, 1.807) is 0 Å². The van der Waals surface area contributed by atoms with Gasteiger partial charge in [0.2, 0.25) is 0 Å². The molecule has 0 fully saturated rings. The van der Waals surface area contributed by atoms with E-state index in [4.69, 9.17) is 0 Å². The fraction of sp³-hybridized carbons (Fsp3) is 0.400. The van der Waals surface area contributed by atoms with Crippen LogP contribution in [0.5, 0.6) is 5.75 Å². The fourth-order valence-electron chi connectivity index (χ4n) is 1.22. The molecule has 0 unspecified atom stereocenters. The van der Waals surface area contributed by atoms with Gasteiger partial charge in [0.05, 0.1) is 0 Å². The van der Waals surface area contributed by atoms with Crippen molar-refractivity contribution in [3.8, 4) is 5.75 Å². The van der Waals surface area contributed by atoms with Crippen LogP contribution in [-0.4, -0.2) is 5.11 Å². The van der Waals surface area contributed by atoms with Crippen LogP contribution < -0.4 is 11.7 Å². The standard InChI is InChI=1S/C10H14O.H4N2/c1-3-8-6-5-7-9(4-2)10(8)11;1-2/h5-7,11H,3-4H2,1-2H3;1-2H2. The summed E-state index contributed by atoms with van der Waals surface area (Å²) in [6.07, 6.45) is 1.80. The van der Waals surface area contributed by atoms with E-state index in [1.165, 1.54) is 0 Å². The van der Waals surface area contributed by atoms with Gasteiger partial charge < -0.3 is 5.11 Å². The van der Waals surface area contributed by atoms with Gasteiger partial charge in [0.25, 0.3) is 0 Å². The molecule has 0 aliphatic carbocycles. The minimum absolute atomic E-state index is 0.484. The van der Waals surface area contributed by atoms with E-state index >= 15 is 0 Å². The molecule has 3 heteroatoms. The number of aromatic hydroxyl groups is 1. The van der Waals surface area contributed by atoms with Gasteiger partial charge in [-0.15, -0.1) is 0 Å². The number of hydrogen-bond donors (Lipinski definition) is 3. The molecule has 1 aromatic rings. The van der Waals surface area contributed by atoms with Crippen LogP contribution in [0.25, 0.3) is 0 Å². The second-order valence-electron chi connectivity index (χ2n) is 2.63. The summed E-state index contributed by atoms with van der Waals surface area (Å²) in [6, 6.07) is 5.93. The van der Waals surface area contributed by atoms with Crippen molar-refractivity contribution >= 4 is 0 Å². The maximum absolute atomic E-state index is 9.59. The second kappa shape index (κ2) is 6.46. The number of rotatable bonds is 2. The zero-order valence-corrected chi connectivity index (χ0v) is 8.25. The van der Waals surface area contributed by atoms with Gasteiger partial charge in [-0.25, -0.2) is 0 Å². The van der Waals surface area contributed by atoms with E-state index in [2.05, 4.69) is 25.5 Å². The molecule has 0 aromatic heterocycles. The first kappa shape index (κ1) is 11.9. The van der Waals surface area contributed by atoms with E-state index in [0.29, 0.717) is 5.75 Å². The van der Waals surface area contributed by atoms with Crippen LogP contribution >= 0.6 is 0 Å². The predicted molar refractivity (Wildman–Crippen MR) is 55.2 cm³/mol. The average molecular weight is 182 g/mol. The smallest absolute Gasteiger partial charge is 0.121 e. The highest BCUT2D eigenvalue weighted by atomic mass is 16.3. The zero-order chi connectivity index (χ0) is 10.3. The monoisotopic (exact) mass is 182 g/mol. The maximum Gasteiger partial charge on any atom is 0.121 e. The number of hydrazine groups is 1. The molecule has 0 aliphatic rings. The van der Waals surface area contributed by atoms with Crippen LogP contribution in [0.15, 0.2) is 18.2 Å². The number of para-hydroxylation sites is 1. The topological polar surface area (TPSA) is 72.3 Å². The van der Waals surface area contributed by atoms with Crippen LogP contribution in [-0.2, 0) is 12.8 Å². The van der Waals surface area contributed by atoms with E-state index < -0.39 is 0 Å². The third-order valence-electron chi connectivity index (χ3n) is 1.96. The zero-order valence-electron chi connectivity index (χ0n) is 8.25. The van der Waals surface area contributed by atoms with Crippen molar-refractivity contribution < 1.29 is 5.11 Å². The molecule has 0 atom stereocenters. The Morgan fingerprint density at radius 3 is 1.77 bits per heavy atom. The first-order chi connectivity index (χ1) is 6.29. The van der Waals surface area contributed by atoms with E-state index in [-0.39, 0.29) is 0 Å². The fourth-order valence-corrected chi connectivity index (χ4v) is 1.22. The van der Waals surface area contributed by atoms with Crippen molar-refractivity contribution in [2.45, 2.75) is 26.7 Å². The molecule has 0 spiro atoms. The molecule has 0 saturated carbocycles. The third kappa shape index (κ3) is 3.05. The van der Waals surface area contributed by atoms with E-state index in [9.17, 15) is 5.11 Å². The summed E-state index contributed by atoms with van der Waals surface area (Å²) < 4.78 is 0. The van der Waals surface area contributed by atoms with Crippen LogP contribution in [0.1, 0.15) is 25.0 Å². The maximum atomic E-state index is 9.59. The Balaban J connectivity index is 0.000000671. The minimum Gasteiger partial charge on any atom is -0.507 e. The van der Waals surface area contributed by atoms with Crippen LogP contribution in [0.2, 0.25) is 0 Å². The van der Waals surface area contributed by atoms with E-state index in [0.717, 1.165) is 24.0 Å². The quantitative estimate of drug-likeness (QED) is 0.477. The molecule has 0 radical (unpaired) electrons. The Hall–Kier alpha value is -1.06. The van der Waals surface area contributed by atoms with Gasteiger partial charge in [-0.1, -0.05) is 32.0 Å². The summed E-state index contributed by atoms with van der Waals surface area (Å²) in [5.74, 6) is 8.48. The summed E-state index contributed by atoms with van der Waals surface area (Å²) in [7, 11) is 0. The number of aryl methyl sites for hydroxylation is 2. The summed E-state index contributed by atoms with van der Waals surface area (Å²) >= 11 is 0. The van der Waals surface area contributed by atoms with Crippen LogP contribution in [0.4, 0.5) is 0 Å². The van der Waals surface area contributed by atoms with Gasteiger partial charge in [0, 0.05) is 0 Å². The van der Waals surface area contributed by atoms with Crippen molar-refractivity contribution in [2.75, 3.05) is 0 Å². The highest BCUT2D eigenvalue weighted by Gasteiger charge is 2.01. The Morgan fingerprint density at radius 1 is 1.08 bits per heavy atom. The van der Waals surface area contributed by atoms with Gasteiger partial charge in [0.1, 0.15) is 5.75 Å². The lowest BCUT2D eigenvalue weighted by Crippen LogP contribution is -2.02. The van der Waals surface area contributed by atoms with Gasteiger partial charge in [-0.3, -0.25) is 11.7 Å². The van der Waals surface area contributed by atoms with Crippen LogP contribution in [0, 0.1) is 0 Å². The van der Waals surface area contributed by atoms with Gasteiger partial charge in [-0.2, -0.15) is 0 Å². The Labute approximate surface area is 79.3 Å². The lowest BCUT2D eigenvalue weighted by Gasteiger charge is -2.05. The molecule has 0 amide bonds. The number of nitrogens with two attached hydrogens (primary N) is 2.